The van der Waals surface area contributed by atoms with Crippen molar-refractivity contribution in [2.75, 3.05) is 14.2 Å². The zero-order chi connectivity index (χ0) is 23.8. The molecule has 2 aromatic rings. The molecule has 1 heterocycles. The highest BCUT2D eigenvalue weighted by Gasteiger charge is 2.29. The SMILES string of the molecule is COc1ccc(O[C@@H](C)C(OC(=O)[C@H](C)NC(=S)c2nccc(OC)c2O)C(C)C)cc1. The third kappa shape index (κ3) is 6.46. The monoisotopic (exact) mass is 462 g/mol. The predicted molar refractivity (Wildman–Crippen MR) is 125 cm³/mol. The maximum absolute atomic E-state index is 12.7. The van der Waals surface area contributed by atoms with Crippen LogP contribution in [0, 0.1) is 5.92 Å². The standard InChI is InChI=1S/C23H30N2O6S/c1-13(2)21(15(4)30-17-9-7-16(28-5)8-10-17)31-23(27)14(3)25-22(32)19-20(26)18(29-6)11-12-24-19/h7-15,21,26H,1-6H3,(H,25,32)/t14-,15-,21?/m0/s1. The van der Waals surface area contributed by atoms with Gasteiger partial charge in [0.1, 0.15) is 40.4 Å². The van der Waals surface area contributed by atoms with Crippen molar-refractivity contribution >= 4 is 23.2 Å². The third-order valence-electron chi connectivity index (χ3n) is 4.78. The van der Waals surface area contributed by atoms with E-state index in [1.54, 1.807) is 38.3 Å². The molecule has 0 spiro atoms. The molecule has 2 N–H and O–H groups in total. The lowest BCUT2D eigenvalue weighted by Gasteiger charge is -2.29. The molecule has 0 amide bonds. The van der Waals surface area contributed by atoms with Crippen molar-refractivity contribution in [1.29, 1.82) is 0 Å². The number of hydrogen-bond donors (Lipinski definition) is 2. The molecule has 1 aromatic heterocycles. The first-order valence-corrected chi connectivity index (χ1v) is 10.6. The van der Waals surface area contributed by atoms with Gasteiger partial charge in [-0.2, -0.15) is 0 Å². The molecular formula is C23H30N2O6S. The summed E-state index contributed by atoms with van der Waals surface area (Å²) in [4.78, 5) is 16.9. The summed E-state index contributed by atoms with van der Waals surface area (Å²) >= 11 is 5.30. The third-order valence-corrected chi connectivity index (χ3v) is 5.09. The maximum Gasteiger partial charge on any atom is 0.328 e. The van der Waals surface area contributed by atoms with Gasteiger partial charge in [0.2, 0.25) is 0 Å². The zero-order valence-electron chi connectivity index (χ0n) is 19.1. The second-order valence-corrected chi connectivity index (χ2v) is 7.96. The van der Waals surface area contributed by atoms with Gasteiger partial charge in [0, 0.05) is 12.3 Å². The second-order valence-electron chi connectivity index (χ2n) is 7.55. The van der Waals surface area contributed by atoms with Crippen LogP contribution in [0.1, 0.15) is 33.4 Å². The summed E-state index contributed by atoms with van der Waals surface area (Å²) in [6, 6.07) is 7.93. The van der Waals surface area contributed by atoms with Gasteiger partial charge in [-0.3, -0.25) is 0 Å². The van der Waals surface area contributed by atoms with E-state index in [1.807, 2.05) is 20.8 Å². The normalized spacial score (nSPS) is 13.6. The van der Waals surface area contributed by atoms with Crippen molar-refractivity contribution in [2.45, 2.75) is 45.9 Å². The summed E-state index contributed by atoms with van der Waals surface area (Å²) in [5, 5.41) is 13.1. The van der Waals surface area contributed by atoms with Crippen molar-refractivity contribution in [1.82, 2.24) is 10.3 Å². The molecule has 0 aliphatic rings. The van der Waals surface area contributed by atoms with Gasteiger partial charge in [0.25, 0.3) is 0 Å². The highest BCUT2D eigenvalue weighted by molar-refractivity contribution is 7.80. The molecule has 0 radical (unpaired) electrons. The average Bonchev–Trinajstić information content (AvgIpc) is 2.77. The number of methoxy groups -OCH3 is 2. The molecule has 0 fully saturated rings. The number of carbonyl (C=O) groups excluding carboxylic acids is 1. The van der Waals surface area contributed by atoms with Crippen LogP contribution in [-0.4, -0.2) is 53.5 Å². The van der Waals surface area contributed by atoms with Crippen LogP contribution in [0.25, 0.3) is 0 Å². The highest BCUT2D eigenvalue weighted by atomic mass is 32.1. The molecule has 0 saturated carbocycles. The first-order valence-electron chi connectivity index (χ1n) is 10.2. The molecule has 0 aliphatic carbocycles. The number of carbonyl (C=O) groups is 1. The van der Waals surface area contributed by atoms with E-state index in [2.05, 4.69) is 10.3 Å². The number of rotatable bonds is 10. The van der Waals surface area contributed by atoms with E-state index in [9.17, 15) is 9.90 Å². The van der Waals surface area contributed by atoms with Crippen molar-refractivity contribution in [3.05, 3.63) is 42.2 Å². The number of hydrogen-bond acceptors (Lipinski definition) is 8. The van der Waals surface area contributed by atoms with E-state index in [0.29, 0.717) is 5.75 Å². The van der Waals surface area contributed by atoms with E-state index < -0.39 is 24.2 Å². The average molecular weight is 463 g/mol. The summed E-state index contributed by atoms with van der Waals surface area (Å²) in [5.41, 5.74) is 0.121. The number of aromatic hydroxyl groups is 1. The fourth-order valence-electron chi connectivity index (χ4n) is 3.04. The van der Waals surface area contributed by atoms with Crippen LogP contribution in [0.2, 0.25) is 0 Å². The smallest absolute Gasteiger partial charge is 0.328 e. The van der Waals surface area contributed by atoms with Crippen LogP contribution in [0.15, 0.2) is 36.5 Å². The number of pyridine rings is 1. The van der Waals surface area contributed by atoms with Crippen LogP contribution >= 0.6 is 12.2 Å². The van der Waals surface area contributed by atoms with E-state index in [4.69, 9.17) is 31.2 Å². The van der Waals surface area contributed by atoms with Crippen molar-refractivity contribution < 1.29 is 28.8 Å². The first kappa shape index (κ1) is 25.2. The maximum atomic E-state index is 12.7. The molecule has 8 nitrogen and oxygen atoms in total. The van der Waals surface area contributed by atoms with Crippen molar-refractivity contribution in [2.24, 2.45) is 5.92 Å². The van der Waals surface area contributed by atoms with Gasteiger partial charge in [-0.25, -0.2) is 9.78 Å². The number of aromatic nitrogens is 1. The van der Waals surface area contributed by atoms with E-state index >= 15 is 0 Å². The van der Waals surface area contributed by atoms with Gasteiger partial charge in [0.15, 0.2) is 11.5 Å². The Balaban J connectivity index is 2.02. The van der Waals surface area contributed by atoms with Crippen LogP contribution in [0.5, 0.6) is 23.0 Å². The van der Waals surface area contributed by atoms with Gasteiger partial charge in [-0.1, -0.05) is 26.1 Å². The molecule has 1 aromatic carbocycles. The Hall–Kier alpha value is -3.07. The Morgan fingerprint density at radius 1 is 1.03 bits per heavy atom. The number of esters is 1. The Morgan fingerprint density at radius 3 is 2.22 bits per heavy atom. The van der Waals surface area contributed by atoms with Gasteiger partial charge < -0.3 is 29.4 Å². The molecule has 1 unspecified atom stereocenters. The van der Waals surface area contributed by atoms with Gasteiger partial charge in [-0.05, 0) is 44.0 Å². The van der Waals surface area contributed by atoms with Crippen molar-refractivity contribution in [3.63, 3.8) is 0 Å². The second kappa shape index (κ2) is 11.5. The molecule has 32 heavy (non-hydrogen) atoms. The zero-order valence-corrected chi connectivity index (χ0v) is 19.9. The number of ether oxygens (including phenoxy) is 4. The van der Waals surface area contributed by atoms with Crippen LogP contribution in [0.3, 0.4) is 0 Å². The minimum absolute atomic E-state index is 0.00967. The van der Waals surface area contributed by atoms with Gasteiger partial charge >= 0.3 is 5.97 Å². The number of nitrogens with one attached hydrogen (secondary N) is 1. The minimum atomic E-state index is -0.774. The Kier molecular flexibility index (Phi) is 9.07. The Labute approximate surface area is 193 Å². The van der Waals surface area contributed by atoms with E-state index in [1.165, 1.54) is 19.4 Å². The van der Waals surface area contributed by atoms with E-state index in [-0.39, 0.29) is 28.1 Å². The fourth-order valence-corrected chi connectivity index (χ4v) is 3.36. The number of benzene rings is 1. The molecule has 174 valence electrons. The molecule has 0 aliphatic heterocycles. The molecule has 0 saturated heterocycles. The lowest BCUT2D eigenvalue weighted by atomic mass is 10.0. The molecular weight excluding hydrogens is 432 g/mol. The van der Waals surface area contributed by atoms with Crippen LogP contribution in [0.4, 0.5) is 0 Å². The van der Waals surface area contributed by atoms with Gasteiger partial charge in [0.05, 0.1) is 14.2 Å². The summed E-state index contributed by atoms with van der Waals surface area (Å²) < 4.78 is 21.9. The lowest BCUT2D eigenvalue weighted by molar-refractivity contribution is -0.158. The van der Waals surface area contributed by atoms with Crippen LogP contribution < -0.4 is 19.5 Å². The van der Waals surface area contributed by atoms with E-state index in [0.717, 1.165) is 5.75 Å². The van der Waals surface area contributed by atoms with Crippen LogP contribution in [-0.2, 0) is 9.53 Å². The lowest BCUT2D eigenvalue weighted by Crippen LogP contribution is -2.44. The quantitative estimate of drug-likeness (QED) is 0.406. The number of thiocarbonyl (C=S) groups is 1. The summed E-state index contributed by atoms with van der Waals surface area (Å²) in [6.45, 7) is 7.38. The topological polar surface area (TPSA) is 99.1 Å². The summed E-state index contributed by atoms with van der Waals surface area (Å²) in [5.74, 6) is 0.915. The summed E-state index contributed by atoms with van der Waals surface area (Å²) in [7, 11) is 3.02. The predicted octanol–water partition coefficient (Wildman–Crippen LogP) is 3.49. The highest BCUT2D eigenvalue weighted by Crippen LogP contribution is 2.28. The fraction of sp³-hybridized carbons (Fsp3) is 0.435. The molecule has 2 rings (SSSR count). The number of nitrogens with zero attached hydrogens (tertiary/aromatic N) is 1. The minimum Gasteiger partial charge on any atom is -0.503 e. The molecule has 0 bridgehead atoms. The Bertz CT molecular complexity index is 919. The molecule has 3 atom stereocenters. The summed E-state index contributed by atoms with van der Waals surface area (Å²) in [6.07, 6.45) is 0.569. The molecule has 9 heteroatoms. The van der Waals surface area contributed by atoms with Gasteiger partial charge in [-0.15, -0.1) is 0 Å². The largest absolute Gasteiger partial charge is 0.503 e. The Morgan fingerprint density at radius 2 is 1.66 bits per heavy atom. The first-order chi connectivity index (χ1) is 15.2. The van der Waals surface area contributed by atoms with Crippen molar-refractivity contribution in [3.8, 4) is 23.0 Å².